The normalized spacial score (nSPS) is 10.3. The molecule has 100 valence electrons. The topological polar surface area (TPSA) is 48.7 Å². The molecule has 1 aromatic carbocycles. The fraction of sp³-hybridized carbons (Fsp3) is 0.214. The van der Waals surface area contributed by atoms with Gasteiger partial charge in [-0.05, 0) is 41.1 Å². The summed E-state index contributed by atoms with van der Waals surface area (Å²) < 4.78 is 16.3. The molecule has 0 atom stereocenters. The van der Waals surface area contributed by atoms with Crippen LogP contribution in [-0.2, 0) is 0 Å². The molecule has 0 amide bonds. The second-order valence-corrected chi connectivity index (χ2v) is 4.82. The summed E-state index contributed by atoms with van der Waals surface area (Å²) in [4.78, 5) is 12.4. The van der Waals surface area contributed by atoms with E-state index in [0.29, 0.717) is 28.4 Å². The van der Waals surface area contributed by atoms with Gasteiger partial charge in [0.25, 0.3) is 0 Å². The smallest absolute Gasteiger partial charge is 0.200 e. The monoisotopic (exact) mass is 324 g/mol. The summed E-state index contributed by atoms with van der Waals surface area (Å²) >= 11 is 3.36. The van der Waals surface area contributed by atoms with Crippen molar-refractivity contribution in [2.75, 3.05) is 14.2 Å². The molecule has 2 aromatic rings. The van der Waals surface area contributed by atoms with Crippen LogP contribution in [0.1, 0.15) is 21.7 Å². The summed E-state index contributed by atoms with van der Waals surface area (Å²) in [5.74, 6) is 1.58. The third kappa shape index (κ3) is 2.66. The van der Waals surface area contributed by atoms with Gasteiger partial charge in [-0.1, -0.05) is 0 Å². The van der Waals surface area contributed by atoms with Crippen LogP contribution in [-0.4, -0.2) is 20.0 Å². The fourth-order valence-electron chi connectivity index (χ4n) is 1.76. The molecule has 1 heterocycles. The molecule has 0 saturated carbocycles. The summed E-state index contributed by atoms with van der Waals surface area (Å²) in [7, 11) is 3.06. The Labute approximate surface area is 119 Å². The lowest BCUT2D eigenvalue weighted by Crippen LogP contribution is -2.04. The number of methoxy groups -OCH3 is 2. The number of hydrogen-bond acceptors (Lipinski definition) is 4. The Hall–Kier alpha value is -1.75. The minimum absolute atomic E-state index is 0.167. The first-order valence-corrected chi connectivity index (χ1v) is 6.37. The van der Waals surface area contributed by atoms with Crippen molar-refractivity contribution < 1.29 is 18.7 Å². The number of carbonyl (C=O) groups is 1. The Balaban J connectivity index is 2.51. The van der Waals surface area contributed by atoms with Gasteiger partial charge >= 0.3 is 0 Å². The van der Waals surface area contributed by atoms with Gasteiger partial charge in [0.05, 0.1) is 29.8 Å². The zero-order chi connectivity index (χ0) is 14.0. The lowest BCUT2D eigenvalue weighted by Gasteiger charge is -2.10. The van der Waals surface area contributed by atoms with E-state index in [1.165, 1.54) is 13.4 Å². The van der Waals surface area contributed by atoms with Gasteiger partial charge in [0.1, 0.15) is 23.5 Å². The molecule has 2 rings (SSSR count). The maximum absolute atomic E-state index is 12.4. The first-order valence-electron chi connectivity index (χ1n) is 5.58. The van der Waals surface area contributed by atoms with Crippen LogP contribution in [0.2, 0.25) is 0 Å². The molecule has 0 unspecified atom stereocenters. The predicted molar refractivity (Wildman–Crippen MR) is 74.1 cm³/mol. The highest BCUT2D eigenvalue weighted by molar-refractivity contribution is 9.10. The second-order valence-electron chi connectivity index (χ2n) is 3.96. The summed E-state index contributed by atoms with van der Waals surface area (Å²) in [6.45, 7) is 1.79. The lowest BCUT2D eigenvalue weighted by molar-refractivity contribution is 0.103. The molecule has 0 aliphatic carbocycles. The van der Waals surface area contributed by atoms with Crippen LogP contribution in [0.4, 0.5) is 0 Å². The van der Waals surface area contributed by atoms with Gasteiger partial charge in [-0.2, -0.15) is 0 Å². The number of ether oxygens (including phenoxy) is 2. The van der Waals surface area contributed by atoms with Crippen LogP contribution in [0, 0.1) is 6.92 Å². The van der Waals surface area contributed by atoms with E-state index in [1.807, 2.05) is 0 Å². The minimum Gasteiger partial charge on any atom is -0.496 e. The third-order valence-corrected chi connectivity index (χ3v) is 3.33. The lowest BCUT2D eigenvalue weighted by atomic mass is 10.0. The number of furan rings is 1. The van der Waals surface area contributed by atoms with Gasteiger partial charge in [-0.15, -0.1) is 0 Å². The Morgan fingerprint density at radius 1 is 1.16 bits per heavy atom. The van der Waals surface area contributed by atoms with E-state index in [-0.39, 0.29) is 5.78 Å². The Morgan fingerprint density at radius 2 is 1.84 bits per heavy atom. The van der Waals surface area contributed by atoms with Gasteiger partial charge in [0.2, 0.25) is 0 Å². The van der Waals surface area contributed by atoms with Crippen LogP contribution in [0.3, 0.4) is 0 Å². The molecule has 0 radical (unpaired) electrons. The van der Waals surface area contributed by atoms with E-state index in [2.05, 4.69) is 15.9 Å². The first kappa shape index (κ1) is 13.7. The molecule has 0 N–H and O–H groups in total. The van der Waals surface area contributed by atoms with Gasteiger partial charge in [-0.25, -0.2) is 0 Å². The van der Waals surface area contributed by atoms with Gasteiger partial charge in [0.15, 0.2) is 5.78 Å². The highest BCUT2D eigenvalue weighted by atomic mass is 79.9. The molecule has 0 spiro atoms. The predicted octanol–water partition coefficient (Wildman–Crippen LogP) is 3.60. The van der Waals surface area contributed by atoms with Gasteiger partial charge < -0.3 is 13.9 Å². The highest BCUT2D eigenvalue weighted by Crippen LogP contribution is 2.34. The third-order valence-electron chi connectivity index (χ3n) is 2.71. The van der Waals surface area contributed by atoms with Crippen LogP contribution < -0.4 is 9.47 Å². The highest BCUT2D eigenvalue weighted by Gasteiger charge is 2.19. The number of halogens is 1. The second kappa shape index (κ2) is 5.48. The van der Waals surface area contributed by atoms with Crippen LogP contribution in [0.25, 0.3) is 0 Å². The summed E-state index contributed by atoms with van der Waals surface area (Å²) in [5, 5.41) is 0. The van der Waals surface area contributed by atoms with E-state index < -0.39 is 0 Å². The van der Waals surface area contributed by atoms with E-state index in [4.69, 9.17) is 13.9 Å². The zero-order valence-electron chi connectivity index (χ0n) is 10.8. The van der Waals surface area contributed by atoms with Crippen molar-refractivity contribution >= 4 is 21.7 Å². The van der Waals surface area contributed by atoms with Crippen molar-refractivity contribution in [2.45, 2.75) is 6.92 Å². The Morgan fingerprint density at radius 3 is 2.37 bits per heavy atom. The molecule has 19 heavy (non-hydrogen) atoms. The maximum atomic E-state index is 12.4. The summed E-state index contributed by atoms with van der Waals surface area (Å²) in [5.41, 5.74) is 0.920. The molecule has 0 saturated heterocycles. The van der Waals surface area contributed by atoms with Gasteiger partial charge in [-0.3, -0.25) is 4.79 Å². The van der Waals surface area contributed by atoms with Crippen molar-refractivity contribution in [3.63, 3.8) is 0 Å². The molecule has 1 aromatic heterocycles. The number of ketones is 1. The number of aryl methyl sites for hydroxylation is 1. The van der Waals surface area contributed by atoms with Crippen LogP contribution in [0.15, 0.2) is 33.4 Å². The SMILES string of the molecule is COc1cc(C(=O)c2coc(C)c2)c(OC)cc1Br. The number of carbonyl (C=O) groups excluding carboxylic acids is 1. The Bertz CT molecular complexity index is 616. The molecular formula is C14H13BrO4. The van der Waals surface area contributed by atoms with Crippen molar-refractivity contribution in [1.82, 2.24) is 0 Å². The Kier molecular flexibility index (Phi) is 3.95. The first-order chi connectivity index (χ1) is 9.06. The van der Waals surface area contributed by atoms with Crippen LogP contribution in [0.5, 0.6) is 11.5 Å². The molecule has 0 fully saturated rings. The van der Waals surface area contributed by atoms with Crippen molar-refractivity contribution in [1.29, 1.82) is 0 Å². The molecular weight excluding hydrogens is 312 g/mol. The van der Waals surface area contributed by atoms with E-state index >= 15 is 0 Å². The van der Waals surface area contributed by atoms with Crippen molar-refractivity contribution in [3.8, 4) is 11.5 Å². The average molecular weight is 325 g/mol. The van der Waals surface area contributed by atoms with E-state index in [1.54, 1.807) is 32.2 Å². The largest absolute Gasteiger partial charge is 0.496 e. The van der Waals surface area contributed by atoms with Crippen LogP contribution >= 0.6 is 15.9 Å². The maximum Gasteiger partial charge on any atom is 0.200 e. The molecule has 4 nitrogen and oxygen atoms in total. The zero-order valence-corrected chi connectivity index (χ0v) is 12.4. The molecule has 0 aliphatic heterocycles. The van der Waals surface area contributed by atoms with Gasteiger partial charge in [0, 0.05) is 0 Å². The molecule has 0 bridgehead atoms. The average Bonchev–Trinajstić information content (AvgIpc) is 2.84. The minimum atomic E-state index is -0.167. The van der Waals surface area contributed by atoms with E-state index in [0.717, 1.165) is 4.47 Å². The number of benzene rings is 1. The summed E-state index contributed by atoms with van der Waals surface area (Å²) in [6.07, 6.45) is 1.44. The fourth-order valence-corrected chi connectivity index (χ4v) is 2.24. The van der Waals surface area contributed by atoms with Crippen molar-refractivity contribution in [2.24, 2.45) is 0 Å². The summed E-state index contributed by atoms with van der Waals surface area (Å²) in [6, 6.07) is 5.04. The quantitative estimate of drug-likeness (QED) is 0.806. The standard InChI is InChI=1S/C14H13BrO4/c1-8-4-9(7-19-8)14(16)10-5-13(18-3)11(15)6-12(10)17-2/h4-7H,1-3H3. The van der Waals surface area contributed by atoms with Crippen molar-refractivity contribution in [3.05, 3.63) is 45.8 Å². The molecule has 5 heteroatoms. The molecule has 0 aliphatic rings. The van der Waals surface area contributed by atoms with E-state index in [9.17, 15) is 4.79 Å². The number of hydrogen-bond donors (Lipinski definition) is 0. The number of rotatable bonds is 4.